The van der Waals surface area contributed by atoms with E-state index in [0.717, 1.165) is 0 Å². The highest BCUT2D eigenvalue weighted by Crippen LogP contribution is 2.26. The van der Waals surface area contributed by atoms with Gasteiger partial charge in [0.1, 0.15) is 0 Å². The van der Waals surface area contributed by atoms with Crippen molar-refractivity contribution in [1.82, 2.24) is 0 Å². The lowest BCUT2D eigenvalue weighted by Gasteiger charge is -2.15. The molecule has 3 heteroatoms. The average molecular weight is 142 g/mol. The van der Waals surface area contributed by atoms with Gasteiger partial charge in [0.25, 0.3) is 0 Å². The zero-order valence-corrected chi connectivity index (χ0v) is 5.89. The SMILES string of the molecule is CC(=O)[C@@]1(O)CCCC1=O. The number of ketones is 2. The van der Waals surface area contributed by atoms with Gasteiger partial charge in [0, 0.05) is 6.42 Å². The van der Waals surface area contributed by atoms with Crippen molar-refractivity contribution in [2.75, 3.05) is 0 Å². The van der Waals surface area contributed by atoms with Crippen LogP contribution in [0.4, 0.5) is 0 Å². The summed E-state index contributed by atoms with van der Waals surface area (Å²) in [6.07, 6.45) is 1.28. The Kier molecular flexibility index (Phi) is 1.60. The third-order valence-electron chi connectivity index (χ3n) is 1.99. The molecule has 0 aromatic rings. The van der Waals surface area contributed by atoms with Crippen molar-refractivity contribution in [3.05, 3.63) is 0 Å². The quantitative estimate of drug-likeness (QED) is 0.527. The zero-order valence-electron chi connectivity index (χ0n) is 5.89. The standard InChI is InChI=1S/C7H10O3/c1-5(8)7(10)4-2-3-6(7)9/h10H,2-4H2,1H3/t7-/m0/s1. The van der Waals surface area contributed by atoms with Crippen molar-refractivity contribution in [1.29, 1.82) is 0 Å². The summed E-state index contributed by atoms with van der Waals surface area (Å²) in [4.78, 5) is 21.6. The lowest BCUT2D eigenvalue weighted by Crippen LogP contribution is -2.40. The number of hydrogen-bond donors (Lipinski definition) is 1. The number of rotatable bonds is 1. The molecule has 1 aliphatic rings. The summed E-state index contributed by atoms with van der Waals surface area (Å²) in [6, 6.07) is 0. The summed E-state index contributed by atoms with van der Waals surface area (Å²) in [7, 11) is 0. The molecule has 0 amide bonds. The van der Waals surface area contributed by atoms with Crippen LogP contribution < -0.4 is 0 Å². The van der Waals surface area contributed by atoms with E-state index < -0.39 is 11.4 Å². The molecule has 0 bridgehead atoms. The summed E-state index contributed by atoms with van der Waals surface area (Å²) < 4.78 is 0. The Labute approximate surface area is 59.0 Å². The molecule has 0 spiro atoms. The summed E-state index contributed by atoms with van der Waals surface area (Å²) in [5.41, 5.74) is -1.62. The molecule has 1 aliphatic carbocycles. The summed E-state index contributed by atoms with van der Waals surface area (Å²) >= 11 is 0. The average Bonchev–Trinajstić information content (AvgIpc) is 2.15. The molecule has 3 nitrogen and oxygen atoms in total. The molecule has 1 saturated carbocycles. The monoisotopic (exact) mass is 142 g/mol. The Bertz CT molecular complexity index is 185. The second kappa shape index (κ2) is 2.16. The first kappa shape index (κ1) is 7.41. The highest BCUT2D eigenvalue weighted by molar-refractivity contribution is 6.10. The van der Waals surface area contributed by atoms with E-state index in [1.165, 1.54) is 6.92 Å². The molecule has 0 heterocycles. The van der Waals surface area contributed by atoms with Gasteiger partial charge in [-0.1, -0.05) is 0 Å². The van der Waals surface area contributed by atoms with Crippen LogP contribution >= 0.6 is 0 Å². The van der Waals surface area contributed by atoms with Crippen molar-refractivity contribution in [2.45, 2.75) is 31.8 Å². The predicted octanol–water partition coefficient (Wildman–Crippen LogP) is 0.0595. The smallest absolute Gasteiger partial charge is 0.180 e. The minimum atomic E-state index is -1.62. The van der Waals surface area contributed by atoms with E-state index in [-0.39, 0.29) is 5.78 Å². The summed E-state index contributed by atoms with van der Waals surface area (Å²) in [5.74, 6) is -0.741. The fourth-order valence-electron chi connectivity index (χ4n) is 1.22. The lowest BCUT2D eigenvalue weighted by molar-refractivity contribution is -0.146. The van der Waals surface area contributed by atoms with E-state index in [9.17, 15) is 14.7 Å². The van der Waals surface area contributed by atoms with E-state index in [4.69, 9.17) is 0 Å². The number of aliphatic hydroxyl groups is 1. The second-order valence-corrected chi connectivity index (χ2v) is 2.69. The highest BCUT2D eigenvalue weighted by atomic mass is 16.3. The minimum absolute atomic E-state index is 0.307. The molecular weight excluding hydrogens is 132 g/mol. The first-order chi connectivity index (χ1) is 4.57. The molecule has 1 rings (SSSR count). The van der Waals surface area contributed by atoms with Crippen LogP contribution in [0.1, 0.15) is 26.2 Å². The maximum Gasteiger partial charge on any atom is 0.180 e. The van der Waals surface area contributed by atoms with Crippen LogP contribution in [0, 0.1) is 0 Å². The molecule has 0 aliphatic heterocycles. The minimum Gasteiger partial charge on any atom is -0.375 e. The lowest BCUT2D eigenvalue weighted by atomic mass is 9.97. The molecule has 0 radical (unpaired) electrons. The molecule has 0 aromatic carbocycles. The zero-order chi connectivity index (χ0) is 7.78. The van der Waals surface area contributed by atoms with Crippen LogP contribution in [-0.2, 0) is 9.59 Å². The number of carbonyl (C=O) groups is 2. The Morgan fingerprint density at radius 1 is 1.70 bits per heavy atom. The van der Waals surface area contributed by atoms with Crippen LogP contribution in [0.2, 0.25) is 0 Å². The molecule has 56 valence electrons. The Morgan fingerprint density at radius 3 is 2.50 bits per heavy atom. The molecule has 0 unspecified atom stereocenters. The van der Waals surface area contributed by atoms with E-state index in [2.05, 4.69) is 0 Å². The Morgan fingerprint density at radius 2 is 2.30 bits per heavy atom. The van der Waals surface area contributed by atoms with Gasteiger partial charge in [-0.3, -0.25) is 9.59 Å². The number of carbonyl (C=O) groups excluding carboxylic acids is 2. The highest BCUT2D eigenvalue weighted by Gasteiger charge is 2.43. The molecule has 1 atom stereocenters. The maximum absolute atomic E-state index is 10.9. The second-order valence-electron chi connectivity index (χ2n) is 2.69. The van der Waals surface area contributed by atoms with E-state index in [0.29, 0.717) is 19.3 Å². The predicted molar refractivity (Wildman–Crippen MR) is 34.5 cm³/mol. The molecule has 1 N–H and O–H groups in total. The van der Waals surface area contributed by atoms with Crippen LogP contribution in [0.15, 0.2) is 0 Å². The van der Waals surface area contributed by atoms with Gasteiger partial charge in [-0.05, 0) is 19.8 Å². The number of hydrogen-bond acceptors (Lipinski definition) is 3. The Balaban J connectivity index is 2.86. The van der Waals surface area contributed by atoms with Crippen LogP contribution in [0.25, 0.3) is 0 Å². The topological polar surface area (TPSA) is 54.4 Å². The van der Waals surface area contributed by atoms with Crippen LogP contribution in [0.3, 0.4) is 0 Å². The molecular formula is C7H10O3. The fourth-order valence-corrected chi connectivity index (χ4v) is 1.22. The van der Waals surface area contributed by atoms with Gasteiger partial charge in [-0.15, -0.1) is 0 Å². The van der Waals surface area contributed by atoms with Gasteiger partial charge >= 0.3 is 0 Å². The van der Waals surface area contributed by atoms with Crippen molar-refractivity contribution < 1.29 is 14.7 Å². The van der Waals surface area contributed by atoms with Gasteiger partial charge in [0.05, 0.1) is 0 Å². The van der Waals surface area contributed by atoms with Crippen molar-refractivity contribution in [2.24, 2.45) is 0 Å². The largest absolute Gasteiger partial charge is 0.375 e. The van der Waals surface area contributed by atoms with Crippen LogP contribution in [-0.4, -0.2) is 22.3 Å². The molecule has 0 aromatic heterocycles. The van der Waals surface area contributed by atoms with Crippen molar-refractivity contribution in [3.63, 3.8) is 0 Å². The van der Waals surface area contributed by atoms with Gasteiger partial charge < -0.3 is 5.11 Å². The maximum atomic E-state index is 10.9. The van der Waals surface area contributed by atoms with Crippen LogP contribution in [0.5, 0.6) is 0 Å². The fraction of sp³-hybridized carbons (Fsp3) is 0.714. The van der Waals surface area contributed by atoms with Gasteiger partial charge in [0.15, 0.2) is 17.2 Å². The van der Waals surface area contributed by atoms with E-state index in [1.54, 1.807) is 0 Å². The van der Waals surface area contributed by atoms with Crippen molar-refractivity contribution >= 4 is 11.6 Å². The van der Waals surface area contributed by atoms with Crippen molar-refractivity contribution in [3.8, 4) is 0 Å². The summed E-state index contributed by atoms with van der Waals surface area (Å²) in [6.45, 7) is 1.25. The van der Waals surface area contributed by atoms with Gasteiger partial charge in [-0.2, -0.15) is 0 Å². The van der Waals surface area contributed by atoms with Gasteiger partial charge in [0.2, 0.25) is 0 Å². The third kappa shape index (κ3) is 0.865. The third-order valence-corrected chi connectivity index (χ3v) is 1.99. The van der Waals surface area contributed by atoms with Gasteiger partial charge in [-0.25, -0.2) is 0 Å². The van der Waals surface area contributed by atoms with E-state index in [1.807, 2.05) is 0 Å². The van der Waals surface area contributed by atoms with E-state index >= 15 is 0 Å². The molecule has 1 fully saturated rings. The normalized spacial score (nSPS) is 32.8. The number of Topliss-reactive ketones (excluding diaryl/α,β-unsaturated/α-hetero) is 2. The first-order valence-corrected chi connectivity index (χ1v) is 3.34. The molecule has 10 heavy (non-hydrogen) atoms. The Hall–Kier alpha value is -0.700. The molecule has 0 saturated heterocycles. The summed E-state index contributed by atoms with van der Waals surface area (Å²) in [5, 5.41) is 9.34. The first-order valence-electron chi connectivity index (χ1n) is 3.34.